The van der Waals surface area contributed by atoms with Crippen molar-refractivity contribution in [2.45, 2.75) is 6.92 Å². The van der Waals surface area contributed by atoms with E-state index in [9.17, 15) is 0 Å². The predicted octanol–water partition coefficient (Wildman–Crippen LogP) is 0.130. The molecule has 0 radical (unpaired) electrons. The van der Waals surface area contributed by atoms with Crippen molar-refractivity contribution in [3.8, 4) is 0 Å². The lowest BCUT2D eigenvalue weighted by Gasteiger charge is -1.96. The van der Waals surface area contributed by atoms with Crippen molar-refractivity contribution in [3.63, 3.8) is 0 Å². The van der Waals surface area contributed by atoms with Gasteiger partial charge in [0.2, 0.25) is 0 Å². The van der Waals surface area contributed by atoms with Crippen LogP contribution in [0.2, 0.25) is 0 Å². The van der Waals surface area contributed by atoms with Gasteiger partial charge in [0.15, 0.2) is 0 Å². The molecule has 0 aromatic rings. The molecule has 0 fully saturated rings. The third-order valence-corrected chi connectivity index (χ3v) is 0.889. The van der Waals surface area contributed by atoms with Crippen LogP contribution >= 0.6 is 0 Å². The second kappa shape index (κ2) is 4.81. The lowest BCUT2D eigenvalue weighted by Crippen LogP contribution is -1.98. The molecule has 0 aromatic carbocycles. The van der Waals surface area contributed by atoms with Gasteiger partial charge in [-0.15, -0.1) is 0 Å². The average molecular weight is 115 g/mol. The largest absolute Gasteiger partial charge is 0.396 e. The van der Waals surface area contributed by atoms with Crippen LogP contribution in [-0.2, 0) is 0 Å². The molecular weight excluding hydrogens is 102 g/mol. The molecule has 3 N–H and O–H groups in total. The number of hydrogen-bond acceptors (Lipinski definition) is 2. The molecule has 1 atom stereocenters. The lowest BCUT2D eigenvalue weighted by molar-refractivity contribution is 0.262. The molecule has 0 aliphatic rings. The van der Waals surface area contributed by atoms with E-state index in [4.69, 9.17) is 10.8 Å². The van der Waals surface area contributed by atoms with E-state index in [1.165, 1.54) is 0 Å². The Hall–Kier alpha value is -0.340. The van der Waals surface area contributed by atoms with Crippen LogP contribution in [0, 0.1) is 5.92 Å². The van der Waals surface area contributed by atoms with Crippen LogP contribution in [-0.4, -0.2) is 18.3 Å². The van der Waals surface area contributed by atoms with Crippen LogP contribution in [0.15, 0.2) is 12.2 Å². The first-order valence-electron chi connectivity index (χ1n) is 2.78. The van der Waals surface area contributed by atoms with Gasteiger partial charge in [-0.3, -0.25) is 0 Å². The maximum Gasteiger partial charge on any atom is 0.0491 e. The summed E-state index contributed by atoms with van der Waals surface area (Å²) in [6.45, 7) is 2.70. The van der Waals surface area contributed by atoms with E-state index in [1.54, 1.807) is 0 Å². The van der Waals surface area contributed by atoms with Gasteiger partial charge < -0.3 is 10.8 Å². The van der Waals surface area contributed by atoms with Crippen molar-refractivity contribution in [1.82, 2.24) is 0 Å². The molecule has 0 aromatic heterocycles. The van der Waals surface area contributed by atoms with Gasteiger partial charge in [0.05, 0.1) is 0 Å². The van der Waals surface area contributed by atoms with Crippen molar-refractivity contribution < 1.29 is 5.11 Å². The van der Waals surface area contributed by atoms with Gasteiger partial charge in [0.25, 0.3) is 0 Å². The second-order valence-electron chi connectivity index (χ2n) is 1.82. The summed E-state index contributed by atoms with van der Waals surface area (Å²) in [4.78, 5) is 0. The predicted molar refractivity (Wildman–Crippen MR) is 34.4 cm³/mol. The Labute approximate surface area is 50.0 Å². The highest BCUT2D eigenvalue weighted by atomic mass is 16.3. The summed E-state index contributed by atoms with van der Waals surface area (Å²) in [5.41, 5.74) is 5.16. The zero-order valence-electron chi connectivity index (χ0n) is 5.17. The lowest BCUT2D eigenvalue weighted by atomic mass is 10.2. The van der Waals surface area contributed by atoms with Crippen molar-refractivity contribution >= 4 is 0 Å². The average Bonchev–Trinajstić information content (AvgIpc) is 1.83. The summed E-state index contributed by atoms with van der Waals surface area (Å²) in [6.07, 6.45) is 3.75. The molecular formula is C6H13NO. The Morgan fingerprint density at radius 3 is 2.75 bits per heavy atom. The standard InChI is InChI=1S/C6H13NO/c1-6(5-8)3-2-4-7/h2-3,6,8H,4-5,7H2,1H3/b3-2+. The van der Waals surface area contributed by atoms with E-state index >= 15 is 0 Å². The van der Waals surface area contributed by atoms with Gasteiger partial charge >= 0.3 is 0 Å². The quantitative estimate of drug-likeness (QED) is 0.513. The Morgan fingerprint density at radius 2 is 2.38 bits per heavy atom. The maximum atomic E-state index is 8.47. The van der Waals surface area contributed by atoms with Crippen LogP contribution in [0.1, 0.15) is 6.92 Å². The molecule has 0 aliphatic carbocycles. The molecule has 0 bridgehead atoms. The zero-order valence-corrected chi connectivity index (χ0v) is 5.17. The highest BCUT2D eigenvalue weighted by Gasteiger charge is 1.88. The van der Waals surface area contributed by atoms with E-state index in [2.05, 4.69) is 0 Å². The van der Waals surface area contributed by atoms with Gasteiger partial charge in [-0.1, -0.05) is 19.1 Å². The van der Waals surface area contributed by atoms with Crippen molar-refractivity contribution in [2.75, 3.05) is 13.2 Å². The molecule has 2 heteroatoms. The van der Waals surface area contributed by atoms with Crippen molar-refractivity contribution in [3.05, 3.63) is 12.2 Å². The molecule has 0 spiro atoms. The van der Waals surface area contributed by atoms with E-state index < -0.39 is 0 Å². The first kappa shape index (κ1) is 7.66. The molecule has 0 aliphatic heterocycles. The van der Waals surface area contributed by atoms with E-state index in [-0.39, 0.29) is 12.5 Å². The first-order valence-corrected chi connectivity index (χ1v) is 2.78. The molecule has 48 valence electrons. The highest BCUT2D eigenvalue weighted by Crippen LogP contribution is 1.92. The molecule has 1 unspecified atom stereocenters. The minimum absolute atomic E-state index is 0.205. The Kier molecular flexibility index (Phi) is 4.61. The minimum Gasteiger partial charge on any atom is -0.396 e. The normalized spacial score (nSPS) is 14.9. The zero-order chi connectivity index (χ0) is 6.41. The summed E-state index contributed by atoms with van der Waals surface area (Å²) in [7, 11) is 0. The summed E-state index contributed by atoms with van der Waals surface area (Å²) in [6, 6.07) is 0. The fraction of sp³-hybridized carbons (Fsp3) is 0.667. The third-order valence-electron chi connectivity index (χ3n) is 0.889. The monoisotopic (exact) mass is 115 g/mol. The van der Waals surface area contributed by atoms with Crippen LogP contribution < -0.4 is 5.73 Å². The number of aliphatic hydroxyl groups is 1. The fourth-order valence-electron chi connectivity index (χ4n) is 0.372. The van der Waals surface area contributed by atoms with Gasteiger partial charge in [0.1, 0.15) is 0 Å². The fourth-order valence-corrected chi connectivity index (χ4v) is 0.372. The minimum atomic E-state index is 0.205. The summed E-state index contributed by atoms with van der Waals surface area (Å²) in [5, 5.41) is 8.47. The molecule has 0 amide bonds. The van der Waals surface area contributed by atoms with Crippen LogP contribution in [0.5, 0.6) is 0 Å². The van der Waals surface area contributed by atoms with Crippen molar-refractivity contribution in [1.29, 1.82) is 0 Å². The Bertz CT molecular complexity index is 70.9. The van der Waals surface area contributed by atoms with Crippen LogP contribution in [0.3, 0.4) is 0 Å². The number of hydrogen-bond donors (Lipinski definition) is 2. The van der Waals surface area contributed by atoms with Gasteiger partial charge in [-0.05, 0) is 5.92 Å². The molecule has 0 heterocycles. The van der Waals surface area contributed by atoms with Gasteiger partial charge in [-0.2, -0.15) is 0 Å². The Morgan fingerprint density at radius 1 is 1.75 bits per heavy atom. The van der Waals surface area contributed by atoms with E-state index in [0.717, 1.165) is 0 Å². The molecule has 0 rings (SSSR count). The Balaban J connectivity index is 3.21. The third kappa shape index (κ3) is 3.84. The molecule has 2 nitrogen and oxygen atoms in total. The second-order valence-corrected chi connectivity index (χ2v) is 1.82. The maximum absolute atomic E-state index is 8.47. The van der Waals surface area contributed by atoms with Crippen LogP contribution in [0.4, 0.5) is 0 Å². The first-order chi connectivity index (χ1) is 3.81. The number of rotatable bonds is 3. The molecule has 0 saturated carbocycles. The summed E-state index contributed by atoms with van der Waals surface area (Å²) in [5.74, 6) is 0.249. The van der Waals surface area contributed by atoms with Gasteiger partial charge in [-0.25, -0.2) is 0 Å². The number of nitrogens with two attached hydrogens (primary N) is 1. The highest BCUT2D eigenvalue weighted by molar-refractivity contribution is 4.86. The number of aliphatic hydroxyl groups excluding tert-OH is 1. The molecule has 8 heavy (non-hydrogen) atoms. The molecule has 0 saturated heterocycles. The van der Waals surface area contributed by atoms with Gasteiger partial charge in [0, 0.05) is 13.2 Å². The summed E-state index contributed by atoms with van der Waals surface area (Å²) < 4.78 is 0. The van der Waals surface area contributed by atoms with E-state index in [1.807, 2.05) is 19.1 Å². The summed E-state index contributed by atoms with van der Waals surface area (Å²) >= 11 is 0. The van der Waals surface area contributed by atoms with Crippen molar-refractivity contribution in [2.24, 2.45) is 11.7 Å². The van der Waals surface area contributed by atoms with Crippen LogP contribution in [0.25, 0.3) is 0 Å². The smallest absolute Gasteiger partial charge is 0.0491 e. The SMILES string of the molecule is CC(/C=C/CN)CO. The van der Waals surface area contributed by atoms with E-state index in [0.29, 0.717) is 6.54 Å². The topological polar surface area (TPSA) is 46.2 Å².